The molecule has 0 aliphatic rings. The summed E-state index contributed by atoms with van der Waals surface area (Å²) >= 11 is 0. The Kier molecular flexibility index (Phi) is 3.80. The van der Waals surface area contributed by atoms with E-state index in [-0.39, 0.29) is 0 Å². The van der Waals surface area contributed by atoms with E-state index in [1.807, 2.05) is 0 Å². The first-order valence-corrected chi connectivity index (χ1v) is 6.44. The van der Waals surface area contributed by atoms with Crippen molar-refractivity contribution in [2.45, 2.75) is 6.42 Å². The number of hydrogen-bond acceptors (Lipinski definition) is 2. The number of aryl methyl sites for hydroxylation is 1. The molecule has 0 atom stereocenters. The molecule has 0 heterocycles. The Morgan fingerprint density at radius 2 is 1.62 bits per heavy atom. The lowest BCUT2D eigenvalue weighted by molar-refractivity contribution is 0.404. The molecule has 0 saturated carbocycles. The lowest BCUT2D eigenvalue weighted by atomic mass is 10.1. The fourth-order valence-corrected chi connectivity index (χ4v) is 1.73. The van der Waals surface area contributed by atoms with Crippen molar-refractivity contribution < 1.29 is 26.0 Å². The molecule has 1 rings (SSSR count). The maximum atomic E-state index is 13.0. The minimum atomic E-state index is -3.91. The van der Waals surface area contributed by atoms with Crippen molar-refractivity contribution in [3.8, 4) is 0 Å². The van der Waals surface area contributed by atoms with Gasteiger partial charge in [0.15, 0.2) is 23.3 Å². The van der Waals surface area contributed by atoms with Gasteiger partial charge < -0.3 is 0 Å². The summed E-state index contributed by atoms with van der Waals surface area (Å²) in [6, 6.07) is 0.399. The molecule has 0 spiro atoms. The van der Waals surface area contributed by atoms with E-state index in [4.69, 9.17) is 10.7 Å². The van der Waals surface area contributed by atoms with E-state index in [9.17, 15) is 26.0 Å². The Morgan fingerprint density at radius 3 is 2.12 bits per heavy atom. The zero-order chi connectivity index (χ0) is 12.5. The first-order chi connectivity index (χ1) is 7.22. The normalized spacial score (nSPS) is 11.8. The molecule has 0 N–H and O–H groups in total. The van der Waals surface area contributed by atoms with Gasteiger partial charge in [-0.1, -0.05) is 0 Å². The van der Waals surface area contributed by atoms with E-state index in [0.29, 0.717) is 6.07 Å². The molecule has 0 saturated heterocycles. The van der Waals surface area contributed by atoms with E-state index in [1.54, 1.807) is 0 Å². The highest BCUT2D eigenvalue weighted by molar-refractivity contribution is 8.13. The largest absolute Gasteiger partial charge is 0.232 e. The quantitative estimate of drug-likeness (QED) is 0.368. The molecule has 0 unspecified atom stereocenters. The molecule has 1 aromatic rings. The van der Waals surface area contributed by atoms with Crippen LogP contribution < -0.4 is 0 Å². The Bertz CT molecular complexity index is 515. The molecule has 0 fully saturated rings. The molecule has 0 aliphatic heterocycles. The van der Waals surface area contributed by atoms with Crippen LogP contribution in [0.1, 0.15) is 5.56 Å². The molecule has 0 radical (unpaired) electrons. The van der Waals surface area contributed by atoms with Crippen molar-refractivity contribution in [3.63, 3.8) is 0 Å². The van der Waals surface area contributed by atoms with Gasteiger partial charge in [0, 0.05) is 10.7 Å². The van der Waals surface area contributed by atoms with Crippen molar-refractivity contribution in [2.75, 3.05) is 5.75 Å². The molecule has 16 heavy (non-hydrogen) atoms. The summed E-state index contributed by atoms with van der Waals surface area (Å²) in [6.45, 7) is 0. The fraction of sp³-hybridized carbons (Fsp3) is 0.250. The summed E-state index contributed by atoms with van der Waals surface area (Å²) < 4.78 is 72.0. The second kappa shape index (κ2) is 4.58. The van der Waals surface area contributed by atoms with Crippen LogP contribution in [0.3, 0.4) is 0 Å². The lowest BCUT2D eigenvalue weighted by Crippen LogP contribution is -2.07. The van der Waals surface area contributed by atoms with Crippen molar-refractivity contribution in [1.29, 1.82) is 0 Å². The Morgan fingerprint density at radius 1 is 1.06 bits per heavy atom. The van der Waals surface area contributed by atoms with Gasteiger partial charge in [-0.05, 0) is 18.1 Å². The van der Waals surface area contributed by atoms with E-state index >= 15 is 0 Å². The number of halogens is 5. The van der Waals surface area contributed by atoms with E-state index in [1.165, 1.54) is 0 Å². The Balaban J connectivity index is 3.07. The van der Waals surface area contributed by atoms with E-state index in [2.05, 4.69) is 0 Å². The molecule has 90 valence electrons. The van der Waals surface area contributed by atoms with Gasteiger partial charge in [-0.15, -0.1) is 0 Å². The maximum Gasteiger partial charge on any atom is 0.232 e. The zero-order valence-electron chi connectivity index (χ0n) is 7.61. The summed E-state index contributed by atoms with van der Waals surface area (Å²) in [4.78, 5) is 0. The minimum Gasteiger partial charge on any atom is -0.212 e. The van der Waals surface area contributed by atoms with Crippen LogP contribution in [0, 0.1) is 23.3 Å². The Labute approximate surface area is 93.3 Å². The van der Waals surface area contributed by atoms with Crippen LogP contribution in [0.2, 0.25) is 0 Å². The average Bonchev–Trinajstić information content (AvgIpc) is 2.17. The third kappa shape index (κ3) is 3.08. The molecule has 1 aromatic carbocycles. The first-order valence-electron chi connectivity index (χ1n) is 3.96. The second-order valence-corrected chi connectivity index (χ2v) is 5.85. The topological polar surface area (TPSA) is 34.1 Å². The first kappa shape index (κ1) is 13.2. The van der Waals surface area contributed by atoms with Gasteiger partial charge in [0.2, 0.25) is 9.05 Å². The molecule has 2 nitrogen and oxygen atoms in total. The van der Waals surface area contributed by atoms with Crippen LogP contribution in [-0.4, -0.2) is 14.2 Å². The Hall–Kier alpha value is -0.820. The average molecular weight is 277 g/mol. The standard InChI is InChI=1S/C8H5ClF4O2S/c9-16(14,15)2-1-4-3-5(10)7(12)8(13)6(4)11/h3H,1-2H2. The molecule has 0 aromatic heterocycles. The molecule has 0 aliphatic carbocycles. The highest BCUT2D eigenvalue weighted by Crippen LogP contribution is 2.19. The van der Waals surface area contributed by atoms with Gasteiger partial charge in [0.25, 0.3) is 0 Å². The van der Waals surface area contributed by atoms with Crippen LogP contribution in [-0.2, 0) is 15.5 Å². The zero-order valence-corrected chi connectivity index (χ0v) is 9.18. The molecular formula is C8H5ClF4O2S. The monoisotopic (exact) mass is 276 g/mol. The third-order valence-corrected chi connectivity index (χ3v) is 2.95. The van der Waals surface area contributed by atoms with Gasteiger partial charge in [-0.25, -0.2) is 26.0 Å². The summed E-state index contributed by atoms with van der Waals surface area (Å²) in [5, 5.41) is 0. The summed E-state index contributed by atoms with van der Waals surface area (Å²) in [5.41, 5.74) is -0.583. The van der Waals surface area contributed by atoms with E-state index < -0.39 is 50.1 Å². The highest BCUT2D eigenvalue weighted by atomic mass is 35.7. The molecule has 8 heteroatoms. The van der Waals surface area contributed by atoms with Crippen molar-refractivity contribution in [2.24, 2.45) is 0 Å². The molecular weight excluding hydrogens is 272 g/mol. The van der Waals surface area contributed by atoms with Gasteiger partial charge >= 0.3 is 0 Å². The summed E-state index contributed by atoms with van der Waals surface area (Å²) in [6.07, 6.45) is -0.536. The van der Waals surface area contributed by atoms with Crippen LogP contribution in [0.25, 0.3) is 0 Å². The summed E-state index contributed by atoms with van der Waals surface area (Å²) in [5.74, 6) is -7.80. The van der Waals surface area contributed by atoms with Crippen molar-refractivity contribution in [3.05, 3.63) is 34.9 Å². The van der Waals surface area contributed by atoms with Crippen LogP contribution in [0.5, 0.6) is 0 Å². The molecule has 0 amide bonds. The van der Waals surface area contributed by atoms with Gasteiger partial charge in [-0.3, -0.25) is 0 Å². The van der Waals surface area contributed by atoms with E-state index in [0.717, 1.165) is 0 Å². The van der Waals surface area contributed by atoms with Gasteiger partial charge in [-0.2, -0.15) is 0 Å². The van der Waals surface area contributed by atoms with Gasteiger partial charge in [0.1, 0.15) is 0 Å². The minimum absolute atomic E-state index is 0.399. The number of hydrogen-bond donors (Lipinski definition) is 0. The lowest BCUT2D eigenvalue weighted by Gasteiger charge is -2.04. The maximum absolute atomic E-state index is 13.0. The second-order valence-electron chi connectivity index (χ2n) is 2.95. The SMILES string of the molecule is O=S(=O)(Cl)CCc1cc(F)c(F)c(F)c1F. The van der Waals surface area contributed by atoms with Crippen LogP contribution >= 0.6 is 10.7 Å². The predicted molar refractivity (Wildman–Crippen MR) is 49.6 cm³/mol. The predicted octanol–water partition coefficient (Wildman–Crippen LogP) is 2.35. The molecule has 0 bridgehead atoms. The fourth-order valence-electron chi connectivity index (χ4n) is 1.04. The number of rotatable bonds is 3. The van der Waals surface area contributed by atoms with Crippen LogP contribution in [0.4, 0.5) is 17.6 Å². The van der Waals surface area contributed by atoms with Gasteiger partial charge in [0.05, 0.1) is 5.75 Å². The number of benzene rings is 1. The highest BCUT2D eigenvalue weighted by Gasteiger charge is 2.19. The summed E-state index contributed by atoms with van der Waals surface area (Å²) in [7, 11) is 0.926. The van der Waals surface area contributed by atoms with Crippen molar-refractivity contribution in [1.82, 2.24) is 0 Å². The third-order valence-electron chi connectivity index (χ3n) is 1.79. The van der Waals surface area contributed by atoms with Crippen molar-refractivity contribution >= 4 is 19.7 Å². The van der Waals surface area contributed by atoms with Crippen LogP contribution in [0.15, 0.2) is 6.07 Å². The smallest absolute Gasteiger partial charge is 0.212 e.